The fourth-order valence-corrected chi connectivity index (χ4v) is 4.43. The number of amides is 1. The molecule has 1 heterocycles. The van der Waals surface area contributed by atoms with Gasteiger partial charge in [0.2, 0.25) is 0 Å². The van der Waals surface area contributed by atoms with E-state index in [0.29, 0.717) is 35.1 Å². The lowest BCUT2D eigenvalue weighted by molar-refractivity contribution is 0.0955. The molecule has 0 saturated carbocycles. The second kappa shape index (κ2) is 10.6. The molecule has 7 heteroatoms. The molecule has 168 valence electrons. The summed E-state index contributed by atoms with van der Waals surface area (Å²) in [5.74, 6) is 1.22. The summed E-state index contributed by atoms with van der Waals surface area (Å²) in [6.07, 6.45) is 0.668. The van der Waals surface area contributed by atoms with Crippen molar-refractivity contribution in [3.63, 3.8) is 0 Å². The molecule has 4 rings (SSSR count). The molecule has 5 nitrogen and oxygen atoms in total. The first-order chi connectivity index (χ1) is 16.1. The molecule has 1 aromatic heterocycles. The minimum atomic E-state index is -0.132. The number of halogens is 1. The minimum Gasteiger partial charge on any atom is -0.493 e. The van der Waals surface area contributed by atoms with Gasteiger partial charge in [0.25, 0.3) is 5.91 Å². The van der Waals surface area contributed by atoms with Crippen molar-refractivity contribution in [1.82, 2.24) is 10.3 Å². The average molecular weight is 479 g/mol. The normalized spacial score (nSPS) is 10.8. The number of rotatable bonds is 8. The molecule has 1 amide bonds. The van der Waals surface area contributed by atoms with Crippen LogP contribution in [0.15, 0.2) is 82.7 Å². The predicted molar refractivity (Wildman–Crippen MR) is 133 cm³/mol. The van der Waals surface area contributed by atoms with E-state index in [1.807, 2.05) is 72.8 Å². The van der Waals surface area contributed by atoms with E-state index in [0.717, 1.165) is 26.4 Å². The van der Waals surface area contributed by atoms with Crippen LogP contribution in [0.25, 0.3) is 10.9 Å². The van der Waals surface area contributed by atoms with Gasteiger partial charge in [0.1, 0.15) is 5.03 Å². The summed E-state index contributed by atoms with van der Waals surface area (Å²) in [7, 11) is 3.22. The summed E-state index contributed by atoms with van der Waals surface area (Å²) in [4.78, 5) is 18.8. The van der Waals surface area contributed by atoms with Gasteiger partial charge >= 0.3 is 0 Å². The van der Waals surface area contributed by atoms with Crippen LogP contribution in [0.4, 0.5) is 0 Å². The van der Waals surface area contributed by atoms with Gasteiger partial charge in [0, 0.05) is 21.8 Å². The molecule has 0 unspecified atom stereocenters. The molecule has 1 N–H and O–H groups in total. The fourth-order valence-electron chi connectivity index (χ4n) is 3.47. The van der Waals surface area contributed by atoms with E-state index in [4.69, 9.17) is 26.1 Å². The Kier molecular flexibility index (Phi) is 7.37. The van der Waals surface area contributed by atoms with Gasteiger partial charge in [-0.25, -0.2) is 4.98 Å². The van der Waals surface area contributed by atoms with Crippen LogP contribution < -0.4 is 14.8 Å². The number of fused-ring (bicyclic) bond motifs is 1. The van der Waals surface area contributed by atoms with Crippen LogP contribution in [0, 0.1) is 0 Å². The predicted octanol–water partition coefficient (Wildman–Crippen LogP) is 6.03. The van der Waals surface area contributed by atoms with Crippen molar-refractivity contribution in [3.05, 3.63) is 88.9 Å². The second-order valence-electron chi connectivity index (χ2n) is 7.28. The van der Waals surface area contributed by atoms with Crippen LogP contribution in [0.2, 0.25) is 5.02 Å². The molecule has 0 aliphatic heterocycles. The Morgan fingerprint density at radius 3 is 2.48 bits per heavy atom. The number of para-hydroxylation sites is 1. The smallest absolute Gasteiger partial charge is 0.252 e. The third-order valence-corrected chi connectivity index (χ3v) is 6.30. The zero-order chi connectivity index (χ0) is 23.2. The Bertz CT molecular complexity index is 1280. The second-order valence-corrected chi connectivity index (χ2v) is 8.81. The molecule has 0 fully saturated rings. The molecule has 0 atom stereocenters. The molecule has 0 radical (unpaired) electrons. The monoisotopic (exact) mass is 478 g/mol. The third kappa shape index (κ3) is 5.59. The Balaban J connectivity index is 1.51. The van der Waals surface area contributed by atoms with Crippen LogP contribution in [0.3, 0.4) is 0 Å². The summed E-state index contributed by atoms with van der Waals surface area (Å²) in [5, 5.41) is 5.29. The first kappa shape index (κ1) is 23.0. The maximum Gasteiger partial charge on any atom is 0.252 e. The van der Waals surface area contributed by atoms with E-state index in [1.54, 1.807) is 14.2 Å². The molecule has 0 aliphatic rings. The van der Waals surface area contributed by atoms with Crippen LogP contribution >= 0.6 is 23.4 Å². The number of carbonyl (C=O) groups is 1. The number of nitrogens with zero attached hydrogens (tertiary/aromatic N) is 1. The van der Waals surface area contributed by atoms with Crippen molar-refractivity contribution in [3.8, 4) is 11.5 Å². The molecular weight excluding hydrogens is 456 g/mol. The highest BCUT2D eigenvalue weighted by molar-refractivity contribution is 7.99. The highest BCUT2D eigenvalue weighted by Gasteiger charge is 2.14. The van der Waals surface area contributed by atoms with E-state index >= 15 is 0 Å². The Morgan fingerprint density at radius 1 is 0.970 bits per heavy atom. The fraction of sp³-hybridized carbons (Fsp3) is 0.154. The lowest BCUT2D eigenvalue weighted by Gasteiger charge is -2.12. The van der Waals surface area contributed by atoms with Crippen molar-refractivity contribution < 1.29 is 14.3 Å². The molecule has 0 aliphatic carbocycles. The maximum absolute atomic E-state index is 13.1. The average Bonchev–Trinajstić information content (AvgIpc) is 2.84. The summed E-state index contributed by atoms with van der Waals surface area (Å²) < 4.78 is 10.6. The number of ether oxygens (including phenoxy) is 2. The lowest BCUT2D eigenvalue weighted by Crippen LogP contribution is -2.26. The molecular formula is C26H23ClN2O3S. The Labute approximate surface area is 202 Å². The number of methoxy groups -OCH3 is 2. The van der Waals surface area contributed by atoms with Crippen LogP contribution in [0.5, 0.6) is 11.5 Å². The van der Waals surface area contributed by atoms with Crippen LogP contribution in [0.1, 0.15) is 15.9 Å². The third-order valence-electron chi connectivity index (χ3n) is 5.12. The minimum absolute atomic E-state index is 0.132. The Hall–Kier alpha value is -3.22. The summed E-state index contributed by atoms with van der Waals surface area (Å²) in [5.41, 5.74) is 2.43. The van der Waals surface area contributed by atoms with Gasteiger partial charge in [-0.05, 0) is 60.5 Å². The van der Waals surface area contributed by atoms with Gasteiger partial charge in [0.05, 0.1) is 25.3 Å². The number of hydrogen-bond acceptors (Lipinski definition) is 5. The van der Waals surface area contributed by atoms with Gasteiger partial charge in [-0.2, -0.15) is 0 Å². The van der Waals surface area contributed by atoms with E-state index in [1.165, 1.54) is 11.8 Å². The van der Waals surface area contributed by atoms with E-state index in [9.17, 15) is 4.79 Å². The summed E-state index contributed by atoms with van der Waals surface area (Å²) in [6, 6.07) is 22.8. The van der Waals surface area contributed by atoms with Gasteiger partial charge in [-0.3, -0.25) is 4.79 Å². The van der Waals surface area contributed by atoms with E-state index in [2.05, 4.69) is 5.32 Å². The molecule has 0 saturated heterocycles. The molecule has 3 aromatic carbocycles. The van der Waals surface area contributed by atoms with Gasteiger partial charge in [-0.15, -0.1) is 0 Å². The highest BCUT2D eigenvalue weighted by Crippen LogP contribution is 2.31. The Morgan fingerprint density at radius 2 is 1.73 bits per heavy atom. The number of hydrogen-bond donors (Lipinski definition) is 1. The van der Waals surface area contributed by atoms with E-state index < -0.39 is 0 Å². The number of benzene rings is 3. The molecule has 33 heavy (non-hydrogen) atoms. The van der Waals surface area contributed by atoms with Crippen molar-refractivity contribution >= 4 is 40.2 Å². The van der Waals surface area contributed by atoms with Gasteiger partial charge in [-0.1, -0.05) is 47.6 Å². The quantitative estimate of drug-likeness (QED) is 0.335. The zero-order valence-corrected chi connectivity index (χ0v) is 19.9. The standard InChI is InChI=1S/C26H23ClN2O3S/c1-31-23-12-7-17(15-24(23)32-2)13-14-28-26(30)21-16-25(29-22-6-4-3-5-20(21)22)33-19-10-8-18(27)9-11-19/h3-12,15-16H,13-14H2,1-2H3,(H,28,30). The van der Waals surface area contributed by atoms with Crippen molar-refractivity contribution in [1.29, 1.82) is 0 Å². The molecule has 0 spiro atoms. The molecule has 0 bridgehead atoms. The topological polar surface area (TPSA) is 60.5 Å². The maximum atomic E-state index is 13.1. The van der Waals surface area contributed by atoms with Crippen molar-refractivity contribution in [2.45, 2.75) is 16.3 Å². The number of aromatic nitrogens is 1. The first-order valence-corrected chi connectivity index (χ1v) is 11.6. The van der Waals surface area contributed by atoms with Crippen LogP contribution in [-0.4, -0.2) is 31.7 Å². The summed E-state index contributed by atoms with van der Waals surface area (Å²) >= 11 is 7.49. The summed E-state index contributed by atoms with van der Waals surface area (Å²) in [6.45, 7) is 0.491. The lowest BCUT2D eigenvalue weighted by atomic mass is 10.1. The zero-order valence-electron chi connectivity index (χ0n) is 18.3. The SMILES string of the molecule is COc1ccc(CCNC(=O)c2cc(Sc3ccc(Cl)cc3)nc3ccccc23)cc1OC. The van der Waals surface area contributed by atoms with Gasteiger partial charge in [0.15, 0.2) is 11.5 Å². The number of nitrogens with one attached hydrogen (secondary N) is 1. The highest BCUT2D eigenvalue weighted by atomic mass is 35.5. The van der Waals surface area contributed by atoms with Crippen molar-refractivity contribution in [2.75, 3.05) is 20.8 Å². The van der Waals surface area contributed by atoms with Crippen molar-refractivity contribution in [2.24, 2.45) is 0 Å². The largest absolute Gasteiger partial charge is 0.493 e. The molecule has 4 aromatic rings. The van der Waals surface area contributed by atoms with Crippen LogP contribution in [-0.2, 0) is 6.42 Å². The number of carbonyl (C=O) groups excluding carboxylic acids is 1. The number of pyridine rings is 1. The first-order valence-electron chi connectivity index (χ1n) is 10.4. The van der Waals surface area contributed by atoms with Gasteiger partial charge < -0.3 is 14.8 Å². The van der Waals surface area contributed by atoms with E-state index in [-0.39, 0.29) is 5.91 Å².